The fourth-order valence-electron chi connectivity index (χ4n) is 3.13. The molecular weight excluding hydrogens is 390 g/mol. The van der Waals surface area contributed by atoms with E-state index in [9.17, 15) is 14.9 Å². The van der Waals surface area contributed by atoms with Crippen LogP contribution in [0.5, 0.6) is 0 Å². The number of rotatable bonds is 5. The van der Waals surface area contributed by atoms with Crippen LogP contribution in [-0.2, 0) is 4.79 Å². The summed E-state index contributed by atoms with van der Waals surface area (Å²) < 4.78 is 0. The Morgan fingerprint density at radius 2 is 1.76 bits per heavy atom. The summed E-state index contributed by atoms with van der Waals surface area (Å²) in [5.41, 5.74) is 2.75. The first-order valence-electron chi connectivity index (χ1n) is 8.76. The molecule has 0 bridgehead atoms. The van der Waals surface area contributed by atoms with Gasteiger partial charge in [0.25, 0.3) is 5.69 Å². The van der Waals surface area contributed by atoms with E-state index in [-0.39, 0.29) is 11.4 Å². The smallest absolute Gasteiger partial charge is 0.313 e. The summed E-state index contributed by atoms with van der Waals surface area (Å²) >= 11 is 1.11. The monoisotopic (exact) mass is 405 g/mol. The van der Waals surface area contributed by atoms with Gasteiger partial charge in [-0.15, -0.1) is 5.10 Å². The number of carboxylic acid groups (broad SMARTS) is 1. The van der Waals surface area contributed by atoms with Crippen molar-refractivity contribution < 1.29 is 14.8 Å². The highest BCUT2D eigenvalue weighted by Crippen LogP contribution is 2.30. The number of hydrogen-bond donors (Lipinski definition) is 1. The van der Waals surface area contributed by atoms with Crippen molar-refractivity contribution in [2.24, 2.45) is 10.2 Å². The summed E-state index contributed by atoms with van der Waals surface area (Å²) in [4.78, 5) is 21.8. The summed E-state index contributed by atoms with van der Waals surface area (Å²) in [7, 11) is 0. The maximum atomic E-state index is 11.5. The van der Waals surface area contributed by atoms with E-state index in [1.54, 1.807) is 6.07 Å². The molecule has 0 amide bonds. The number of carbonyl (C=O) groups is 1. The highest BCUT2D eigenvalue weighted by atomic mass is 32.2. The molecular formula is C21H15N3O4S. The topological polar surface area (TPSA) is 105 Å². The summed E-state index contributed by atoms with van der Waals surface area (Å²) in [6.45, 7) is 0. The van der Waals surface area contributed by atoms with Gasteiger partial charge in [-0.25, -0.2) is 0 Å². The average molecular weight is 405 g/mol. The van der Waals surface area contributed by atoms with E-state index in [0.717, 1.165) is 28.1 Å². The Kier molecular flexibility index (Phi) is 5.09. The third-order valence-electron chi connectivity index (χ3n) is 4.51. The third kappa shape index (κ3) is 4.17. The lowest BCUT2D eigenvalue weighted by Crippen LogP contribution is -2.06. The molecule has 0 aliphatic carbocycles. The Morgan fingerprint density at radius 1 is 1.00 bits per heavy atom. The van der Waals surface area contributed by atoms with Crippen LogP contribution >= 0.6 is 11.8 Å². The van der Waals surface area contributed by atoms with Crippen LogP contribution in [0.25, 0.3) is 21.9 Å². The maximum Gasteiger partial charge on any atom is 0.313 e. The first-order chi connectivity index (χ1) is 14.0. The Labute approximate surface area is 169 Å². The van der Waals surface area contributed by atoms with E-state index < -0.39 is 10.9 Å². The summed E-state index contributed by atoms with van der Waals surface area (Å²) in [5.74, 6) is -1.03. The summed E-state index contributed by atoms with van der Waals surface area (Å²) in [6.07, 6.45) is 0.357. The molecule has 1 heterocycles. The quantitative estimate of drug-likeness (QED) is 0.488. The normalized spacial score (nSPS) is 13.2. The van der Waals surface area contributed by atoms with Crippen molar-refractivity contribution in [3.8, 4) is 11.1 Å². The number of carboxylic acids is 1. The second-order valence-corrected chi connectivity index (χ2v) is 7.54. The first kappa shape index (κ1) is 18.8. The zero-order valence-corrected chi connectivity index (χ0v) is 15.9. The minimum atomic E-state index is -0.930. The average Bonchev–Trinajstić information content (AvgIpc) is 3.20. The number of hydrogen-bond acceptors (Lipinski definition) is 6. The van der Waals surface area contributed by atoms with Crippen LogP contribution < -0.4 is 0 Å². The zero-order valence-electron chi connectivity index (χ0n) is 15.1. The van der Waals surface area contributed by atoms with Crippen molar-refractivity contribution >= 4 is 44.9 Å². The van der Waals surface area contributed by atoms with E-state index in [1.807, 2.05) is 48.5 Å². The van der Waals surface area contributed by atoms with Crippen molar-refractivity contribution in [1.29, 1.82) is 0 Å². The lowest BCUT2D eigenvalue weighted by molar-refractivity contribution is -0.384. The Morgan fingerprint density at radius 3 is 2.52 bits per heavy atom. The van der Waals surface area contributed by atoms with Gasteiger partial charge in [0.15, 0.2) is 0 Å². The van der Waals surface area contributed by atoms with Crippen LogP contribution in [-0.4, -0.2) is 32.5 Å². The fraction of sp³-hybridized carbons (Fsp3) is 0.0952. The van der Waals surface area contributed by atoms with Gasteiger partial charge in [0, 0.05) is 24.1 Å². The van der Waals surface area contributed by atoms with Crippen LogP contribution in [0.4, 0.5) is 5.69 Å². The number of nitrogens with zero attached hydrogens (tertiary/aromatic N) is 3. The molecule has 1 aliphatic rings. The van der Waals surface area contributed by atoms with Gasteiger partial charge in [-0.1, -0.05) is 48.2 Å². The molecule has 0 radical (unpaired) electrons. The van der Waals surface area contributed by atoms with Gasteiger partial charge in [-0.3, -0.25) is 14.9 Å². The number of aliphatic carboxylic acids is 1. The van der Waals surface area contributed by atoms with Gasteiger partial charge in [0.2, 0.25) is 0 Å². The fourth-order valence-corrected chi connectivity index (χ4v) is 3.76. The highest BCUT2D eigenvalue weighted by Gasteiger charge is 2.20. The highest BCUT2D eigenvalue weighted by molar-refractivity contribution is 8.14. The van der Waals surface area contributed by atoms with E-state index in [2.05, 4.69) is 10.2 Å². The van der Waals surface area contributed by atoms with E-state index in [4.69, 9.17) is 5.11 Å². The predicted octanol–water partition coefficient (Wildman–Crippen LogP) is 4.74. The Hall–Kier alpha value is -3.52. The minimum Gasteiger partial charge on any atom is -0.481 e. The standard InChI is InChI=1S/C21H15N3O4S/c25-21(26)12-29-20-11-19(22-23-20)17-8-16(9-18(10-17)24(27)28)15-6-5-13-3-1-2-4-14(13)7-15/h1-10H,11-12H2,(H,25,26). The maximum absolute atomic E-state index is 11.5. The number of nitro groups is 1. The first-order valence-corrected chi connectivity index (χ1v) is 9.75. The largest absolute Gasteiger partial charge is 0.481 e. The van der Waals surface area contributed by atoms with Crippen molar-refractivity contribution in [1.82, 2.24) is 0 Å². The molecule has 3 aromatic carbocycles. The van der Waals surface area contributed by atoms with Crippen LogP contribution in [0.3, 0.4) is 0 Å². The van der Waals surface area contributed by atoms with Gasteiger partial charge in [-0.05, 0) is 34.0 Å². The van der Waals surface area contributed by atoms with Crippen molar-refractivity contribution in [3.05, 3.63) is 76.3 Å². The second kappa shape index (κ2) is 7.84. The van der Waals surface area contributed by atoms with E-state index in [0.29, 0.717) is 28.3 Å². The molecule has 1 N–H and O–H groups in total. The molecule has 3 aromatic rings. The molecule has 8 heteroatoms. The van der Waals surface area contributed by atoms with Crippen LogP contribution in [0.15, 0.2) is 70.9 Å². The number of fused-ring (bicyclic) bond motifs is 1. The molecule has 0 aromatic heterocycles. The molecule has 144 valence electrons. The lowest BCUT2D eigenvalue weighted by atomic mass is 9.97. The zero-order chi connectivity index (χ0) is 20.4. The predicted molar refractivity (Wildman–Crippen MR) is 115 cm³/mol. The lowest BCUT2D eigenvalue weighted by Gasteiger charge is -2.08. The number of benzene rings is 3. The van der Waals surface area contributed by atoms with Gasteiger partial charge in [0.05, 0.1) is 16.4 Å². The minimum absolute atomic E-state index is 0.0278. The molecule has 7 nitrogen and oxygen atoms in total. The Balaban J connectivity index is 1.68. The molecule has 0 saturated heterocycles. The van der Waals surface area contributed by atoms with Crippen LogP contribution in [0, 0.1) is 10.1 Å². The molecule has 1 aliphatic heterocycles. The van der Waals surface area contributed by atoms with Crippen molar-refractivity contribution in [2.45, 2.75) is 6.42 Å². The number of nitro benzene ring substituents is 1. The molecule has 29 heavy (non-hydrogen) atoms. The molecule has 0 unspecified atom stereocenters. The summed E-state index contributed by atoms with van der Waals surface area (Å²) in [6, 6.07) is 18.7. The molecule has 0 fully saturated rings. The second-order valence-electron chi connectivity index (χ2n) is 6.49. The van der Waals surface area contributed by atoms with Crippen LogP contribution in [0.1, 0.15) is 12.0 Å². The molecule has 4 rings (SSSR count). The van der Waals surface area contributed by atoms with Gasteiger partial charge in [-0.2, -0.15) is 5.10 Å². The molecule has 0 spiro atoms. The van der Waals surface area contributed by atoms with Gasteiger partial charge >= 0.3 is 5.97 Å². The van der Waals surface area contributed by atoms with Gasteiger partial charge < -0.3 is 5.11 Å². The summed E-state index contributed by atoms with van der Waals surface area (Å²) in [5, 5.41) is 31.1. The van der Waals surface area contributed by atoms with E-state index >= 15 is 0 Å². The van der Waals surface area contributed by atoms with Crippen LogP contribution in [0.2, 0.25) is 0 Å². The van der Waals surface area contributed by atoms with Crippen molar-refractivity contribution in [2.75, 3.05) is 5.75 Å². The molecule has 0 saturated carbocycles. The Bertz CT molecular complexity index is 1200. The number of non-ortho nitro benzene ring substituents is 1. The number of thioether (sulfide) groups is 1. The van der Waals surface area contributed by atoms with E-state index in [1.165, 1.54) is 6.07 Å². The van der Waals surface area contributed by atoms with Crippen molar-refractivity contribution in [3.63, 3.8) is 0 Å². The molecule has 0 atom stereocenters. The SMILES string of the molecule is O=C(O)CSC1=NN=C(c2cc(-c3ccc4ccccc4c3)cc([N+](=O)[O-])c2)C1. The van der Waals surface area contributed by atoms with Gasteiger partial charge in [0.1, 0.15) is 5.04 Å². The third-order valence-corrected chi connectivity index (χ3v) is 5.46.